The second-order valence-corrected chi connectivity index (χ2v) is 4.89. The summed E-state index contributed by atoms with van der Waals surface area (Å²) in [6.07, 6.45) is 1.13. The van der Waals surface area contributed by atoms with Crippen molar-refractivity contribution in [1.82, 2.24) is 10.2 Å². The summed E-state index contributed by atoms with van der Waals surface area (Å²) in [6, 6.07) is -0.392. The van der Waals surface area contributed by atoms with Crippen molar-refractivity contribution >= 4 is 6.03 Å². The van der Waals surface area contributed by atoms with E-state index in [0.29, 0.717) is 12.5 Å². The van der Waals surface area contributed by atoms with Gasteiger partial charge in [-0.05, 0) is 18.8 Å². The summed E-state index contributed by atoms with van der Waals surface area (Å²) in [4.78, 5) is 13.1. The number of nitrogens with one attached hydrogen (secondary N) is 1. The van der Waals surface area contributed by atoms with E-state index in [0.717, 1.165) is 19.3 Å². The molecular formula is C11H17F3N2O. The lowest BCUT2D eigenvalue weighted by Gasteiger charge is -2.47. The third-order valence-corrected chi connectivity index (χ3v) is 3.65. The van der Waals surface area contributed by atoms with E-state index in [2.05, 4.69) is 0 Å². The van der Waals surface area contributed by atoms with Crippen molar-refractivity contribution in [2.45, 2.75) is 44.3 Å². The number of alkyl halides is 3. The van der Waals surface area contributed by atoms with Gasteiger partial charge in [0.05, 0.1) is 0 Å². The average molecular weight is 250 g/mol. The fourth-order valence-electron chi connectivity index (χ4n) is 2.75. The summed E-state index contributed by atoms with van der Waals surface area (Å²) in [5, 5.41) is 1.94. The molecule has 0 radical (unpaired) electrons. The molecule has 0 aromatic heterocycles. The summed E-state index contributed by atoms with van der Waals surface area (Å²) < 4.78 is 35.9. The van der Waals surface area contributed by atoms with Crippen molar-refractivity contribution in [3.05, 3.63) is 0 Å². The van der Waals surface area contributed by atoms with Crippen LogP contribution in [0, 0.1) is 5.92 Å². The van der Waals surface area contributed by atoms with Gasteiger partial charge in [0.15, 0.2) is 0 Å². The molecule has 1 saturated carbocycles. The maximum absolute atomic E-state index is 12.0. The molecule has 2 atom stereocenters. The Bertz CT molecular complexity index is 293. The van der Waals surface area contributed by atoms with E-state index in [4.69, 9.17) is 0 Å². The van der Waals surface area contributed by atoms with Crippen LogP contribution >= 0.6 is 0 Å². The number of likely N-dealkylation sites (tertiary alicyclic amines) is 1. The summed E-state index contributed by atoms with van der Waals surface area (Å²) in [5.74, 6) is 0.508. The van der Waals surface area contributed by atoms with Crippen LogP contribution in [0.15, 0.2) is 0 Å². The van der Waals surface area contributed by atoms with Gasteiger partial charge >= 0.3 is 12.2 Å². The Kier molecular flexibility index (Phi) is 3.49. The molecule has 98 valence electrons. The smallest absolute Gasteiger partial charge is 0.329 e. The Morgan fingerprint density at radius 1 is 1.24 bits per heavy atom. The van der Waals surface area contributed by atoms with E-state index >= 15 is 0 Å². The van der Waals surface area contributed by atoms with E-state index in [1.807, 2.05) is 5.32 Å². The molecule has 3 nitrogen and oxygen atoms in total. The maximum atomic E-state index is 12.0. The number of nitrogens with zero attached hydrogens (tertiary/aromatic N) is 1. The Morgan fingerprint density at radius 2 is 1.94 bits per heavy atom. The zero-order valence-corrected chi connectivity index (χ0v) is 9.59. The summed E-state index contributed by atoms with van der Waals surface area (Å²) in [5.41, 5.74) is 0. The number of rotatable bonds is 1. The van der Waals surface area contributed by atoms with Gasteiger partial charge in [-0.2, -0.15) is 13.2 Å². The zero-order chi connectivity index (χ0) is 12.5. The average Bonchev–Trinajstić information content (AvgIpc) is 2.37. The topological polar surface area (TPSA) is 32.3 Å². The fourth-order valence-corrected chi connectivity index (χ4v) is 2.75. The van der Waals surface area contributed by atoms with Gasteiger partial charge in [-0.3, -0.25) is 0 Å². The molecule has 0 unspecified atom stereocenters. The first-order valence-corrected chi connectivity index (χ1v) is 6.08. The Hall–Kier alpha value is -0.940. The van der Waals surface area contributed by atoms with Crippen molar-refractivity contribution in [3.63, 3.8) is 0 Å². The second kappa shape index (κ2) is 4.74. The normalized spacial score (nSPS) is 29.0. The SMILES string of the molecule is O=C(NCC(F)(F)F)N1C[C@H]2CCCCC[C@H]21. The quantitative estimate of drug-likeness (QED) is 0.762. The second-order valence-electron chi connectivity index (χ2n) is 4.89. The third-order valence-electron chi connectivity index (χ3n) is 3.65. The molecule has 1 aliphatic carbocycles. The molecule has 0 bridgehead atoms. The lowest BCUT2D eigenvalue weighted by molar-refractivity contribution is -0.123. The van der Waals surface area contributed by atoms with E-state index in [1.165, 1.54) is 12.8 Å². The minimum Gasteiger partial charge on any atom is -0.329 e. The molecule has 2 fully saturated rings. The number of urea groups is 1. The van der Waals surface area contributed by atoms with E-state index in [-0.39, 0.29) is 6.04 Å². The number of halogens is 3. The summed E-state index contributed by atoms with van der Waals surface area (Å²) in [7, 11) is 0. The minimum absolute atomic E-state index is 0.172. The van der Waals surface area contributed by atoms with Crippen LogP contribution in [0.5, 0.6) is 0 Å². The maximum Gasteiger partial charge on any atom is 0.405 e. The number of fused-ring (bicyclic) bond motifs is 1. The monoisotopic (exact) mass is 250 g/mol. The van der Waals surface area contributed by atoms with Crippen molar-refractivity contribution < 1.29 is 18.0 Å². The first-order chi connectivity index (χ1) is 7.97. The van der Waals surface area contributed by atoms with Crippen molar-refractivity contribution in [3.8, 4) is 0 Å². The van der Waals surface area contributed by atoms with Crippen LogP contribution in [0.25, 0.3) is 0 Å². The standard InChI is InChI=1S/C11H17F3N2O/c12-11(13,14)7-15-10(17)16-6-8-4-2-1-3-5-9(8)16/h8-9H,1-7H2,(H,15,17)/t8-,9-/m1/s1. The van der Waals surface area contributed by atoms with Crippen LogP contribution in [-0.4, -0.2) is 36.2 Å². The van der Waals surface area contributed by atoms with Crippen molar-refractivity contribution in [2.75, 3.05) is 13.1 Å². The lowest BCUT2D eigenvalue weighted by Crippen LogP contribution is -2.61. The van der Waals surface area contributed by atoms with Crippen LogP contribution < -0.4 is 5.32 Å². The number of hydrogen-bond acceptors (Lipinski definition) is 1. The van der Waals surface area contributed by atoms with Gasteiger partial charge in [0.25, 0.3) is 0 Å². The predicted molar refractivity (Wildman–Crippen MR) is 56.5 cm³/mol. The van der Waals surface area contributed by atoms with Gasteiger partial charge in [-0.15, -0.1) is 0 Å². The highest BCUT2D eigenvalue weighted by Crippen LogP contribution is 2.35. The molecule has 0 spiro atoms. The van der Waals surface area contributed by atoms with Gasteiger partial charge < -0.3 is 10.2 Å². The number of hydrogen-bond donors (Lipinski definition) is 1. The van der Waals surface area contributed by atoms with E-state index in [1.54, 1.807) is 4.90 Å². The number of amides is 2. The van der Waals surface area contributed by atoms with Crippen molar-refractivity contribution in [2.24, 2.45) is 5.92 Å². The molecule has 1 saturated heterocycles. The molecule has 1 heterocycles. The van der Waals surface area contributed by atoms with Crippen LogP contribution in [0.1, 0.15) is 32.1 Å². The fraction of sp³-hybridized carbons (Fsp3) is 0.909. The molecular weight excluding hydrogens is 233 g/mol. The molecule has 1 aliphatic heterocycles. The van der Waals surface area contributed by atoms with Gasteiger partial charge in [0, 0.05) is 12.6 Å². The molecule has 2 aliphatic rings. The van der Waals surface area contributed by atoms with Gasteiger partial charge in [-0.1, -0.05) is 19.3 Å². The van der Waals surface area contributed by atoms with E-state index in [9.17, 15) is 18.0 Å². The van der Waals surface area contributed by atoms with Crippen molar-refractivity contribution in [1.29, 1.82) is 0 Å². The van der Waals surface area contributed by atoms with Crippen LogP contribution in [0.4, 0.5) is 18.0 Å². The van der Waals surface area contributed by atoms with Crippen LogP contribution in [0.3, 0.4) is 0 Å². The summed E-state index contributed by atoms with van der Waals surface area (Å²) >= 11 is 0. The molecule has 2 rings (SSSR count). The Morgan fingerprint density at radius 3 is 2.65 bits per heavy atom. The van der Waals surface area contributed by atoms with Crippen LogP contribution in [0.2, 0.25) is 0 Å². The third kappa shape index (κ3) is 3.04. The predicted octanol–water partition coefficient (Wildman–Crippen LogP) is 2.52. The highest BCUT2D eigenvalue weighted by atomic mass is 19.4. The summed E-state index contributed by atoms with van der Waals surface area (Å²) in [6.45, 7) is -0.617. The zero-order valence-electron chi connectivity index (χ0n) is 9.59. The molecule has 0 aromatic carbocycles. The molecule has 0 aromatic rings. The number of carbonyl (C=O) groups excluding carboxylic acids is 1. The minimum atomic E-state index is -4.33. The molecule has 6 heteroatoms. The van der Waals surface area contributed by atoms with Gasteiger partial charge in [0.2, 0.25) is 0 Å². The molecule has 2 amide bonds. The van der Waals surface area contributed by atoms with E-state index < -0.39 is 18.8 Å². The number of carbonyl (C=O) groups is 1. The van der Waals surface area contributed by atoms with Crippen LogP contribution in [-0.2, 0) is 0 Å². The Balaban J connectivity index is 1.81. The van der Waals surface area contributed by atoms with Gasteiger partial charge in [0.1, 0.15) is 6.54 Å². The largest absolute Gasteiger partial charge is 0.405 e. The highest BCUT2D eigenvalue weighted by molar-refractivity contribution is 5.75. The Labute approximate surface area is 98.3 Å². The lowest BCUT2D eigenvalue weighted by atomic mass is 9.85. The highest BCUT2D eigenvalue weighted by Gasteiger charge is 2.42. The molecule has 1 N–H and O–H groups in total. The van der Waals surface area contributed by atoms with Gasteiger partial charge in [-0.25, -0.2) is 4.79 Å². The molecule has 17 heavy (non-hydrogen) atoms. The first-order valence-electron chi connectivity index (χ1n) is 6.08. The first kappa shape index (κ1) is 12.5.